The van der Waals surface area contributed by atoms with Crippen molar-refractivity contribution < 1.29 is 4.79 Å². The number of hydrogen-bond acceptors (Lipinski definition) is 5. The fourth-order valence-electron chi connectivity index (χ4n) is 5.37. The number of hydrogen-bond donors (Lipinski definition) is 1. The smallest absolute Gasteiger partial charge is 0.321 e. The standard InChI is InChI=1S/C28H37N5OS/c1-17(2)15-23-29-26(24-21-10-9-18(3)16-22(21)35-27(24)30-23)32-11-13-33(14-12-32)28(34)31-25-19(4)7-6-8-20(25)5/h6-8,17-18H,9-16H2,1-5H3,(H,31,34). The molecule has 3 aromatic rings. The Hall–Kier alpha value is -2.67. The van der Waals surface area contributed by atoms with E-state index < -0.39 is 0 Å². The summed E-state index contributed by atoms with van der Waals surface area (Å²) in [6.45, 7) is 13.8. The summed E-state index contributed by atoms with van der Waals surface area (Å²) in [5.41, 5.74) is 4.59. The van der Waals surface area contributed by atoms with E-state index in [0.717, 1.165) is 71.6 Å². The van der Waals surface area contributed by atoms with Gasteiger partial charge in [-0.1, -0.05) is 39.0 Å². The van der Waals surface area contributed by atoms with Crippen LogP contribution in [-0.4, -0.2) is 47.1 Å². The van der Waals surface area contributed by atoms with Gasteiger partial charge in [-0.3, -0.25) is 0 Å². The minimum absolute atomic E-state index is 0.0164. The molecule has 0 radical (unpaired) electrons. The number of thiophene rings is 1. The van der Waals surface area contributed by atoms with E-state index in [1.807, 2.05) is 48.3 Å². The number of carbonyl (C=O) groups excluding carboxylic acids is 1. The highest BCUT2D eigenvalue weighted by Gasteiger charge is 2.29. The molecule has 6 nitrogen and oxygen atoms in total. The molecule has 186 valence electrons. The first-order chi connectivity index (χ1) is 16.8. The lowest BCUT2D eigenvalue weighted by Crippen LogP contribution is -2.50. The summed E-state index contributed by atoms with van der Waals surface area (Å²) in [4.78, 5) is 30.2. The van der Waals surface area contributed by atoms with Crippen LogP contribution in [0.4, 0.5) is 16.3 Å². The molecule has 1 saturated heterocycles. The van der Waals surface area contributed by atoms with E-state index in [9.17, 15) is 4.79 Å². The maximum atomic E-state index is 13.1. The molecule has 5 rings (SSSR count). The third-order valence-corrected chi connectivity index (χ3v) is 8.50. The van der Waals surface area contributed by atoms with Crippen LogP contribution in [-0.2, 0) is 19.3 Å². The molecule has 1 fully saturated rings. The Morgan fingerprint density at radius 3 is 2.54 bits per heavy atom. The average Bonchev–Trinajstić information content (AvgIpc) is 3.17. The fraction of sp³-hybridized carbons (Fsp3) is 0.536. The van der Waals surface area contributed by atoms with E-state index in [2.05, 4.69) is 31.0 Å². The molecule has 0 saturated carbocycles. The second-order valence-electron chi connectivity index (χ2n) is 10.8. The zero-order valence-electron chi connectivity index (χ0n) is 21.6. The van der Waals surface area contributed by atoms with Gasteiger partial charge >= 0.3 is 6.03 Å². The van der Waals surface area contributed by atoms with Gasteiger partial charge in [0, 0.05) is 43.2 Å². The van der Waals surface area contributed by atoms with Crippen molar-refractivity contribution in [2.24, 2.45) is 11.8 Å². The third kappa shape index (κ3) is 4.88. The topological polar surface area (TPSA) is 61.4 Å². The summed E-state index contributed by atoms with van der Waals surface area (Å²) in [5, 5.41) is 4.42. The maximum Gasteiger partial charge on any atom is 0.321 e. The van der Waals surface area contributed by atoms with Crippen LogP contribution in [0.2, 0.25) is 0 Å². The summed E-state index contributed by atoms with van der Waals surface area (Å²) in [6, 6.07) is 6.09. The van der Waals surface area contributed by atoms with E-state index >= 15 is 0 Å². The van der Waals surface area contributed by atoms with Crippen LogP contribution in [0.25, 0.3) is 10.2 Å². The van der Waals surface area contributed by atoms with Gasteiger partial charge in [0.05, 0.1) is 5.39 Å². The van der Waals surface area contributed by atoms with Crippen LogP contribution in [0.15, 0.2) is 18.2 Å². The molecule has 2 aromatic heterocycles. The van der Waals surface area contributed by atoms with Crippen molar-refractivity contribution in [1.82, 2.24) is 14.9 Å². The van der Waals surface area contributed by atoms with Gasteiger partial charge in [-0.05, 0) is 61.6 Å². The predicted molar refractivity (Wildman–Crippen MR) is 146 cm³/mol. The molecule has 0 spiro atoms. The Morgan fingerprint density at radius 2 is 1.86 bits per heavy atom. The minimum Gasteiger partial charge on any atom is -0.352 e. The maximum absolute atomic E-state index is 13.1. The van der Waals surface area contributed by atoms with Crippen LogP contribution in [0.5, 0.6) is 0 Å². The van der Waals surface area contributed by atoms with Crippen molar-refractivity contribution in [2.45, 2.75) is 60.3 Å². The monoisotopic (exact) mass is 491 g/mol. The fourth-order valence-corrected chi connectivity index (χ4v) is 6.77. The highest BCUT2D eigenvalue weighted by atomic mass is 32.1. The summed E-state index contributed by atoms with van der Waals surface area (Å²) in [5.74, 6) is 3.29. The third-order valence-electron chi connectivity index (χ3n) is 7.35. The van der Waals surface area contributed by atoms with Crippen LogP contribution < -0.4 is 10.2 Å². The number of carbonyl (C=O) groups is 1. The number of urea groups is 1. The molecule has 2 amide bonds. The first kappa shape index (κ1) is 24.0. The molecule has 1 aromatic carbocycles. The van der Waals surface area contributed by atoms with Gasteiger partial charge in [0.2, 0.25) is 0 Å². The molecule has 7 heteroatoms. The lowest BCUT2D eigenvalue weighted by atomic mass is 9.89. The van der Waals surface area contributed by atoms with E-state index in [-0.39, 0.29) is 6.03 Å². The Kier molecular flexibility index (Phi) is 6.71. The van der Waals surface area contributed by atoms with Crippen molar-refractivity contribution >= 4 is 39.1 Å². The molecule has 1 unspecified atom stereocenters. The number of amides is 2. The SMILES string of the molecule is Cc1cccc(C)c1NC(=O)N1CCN(c2nc(CC(C)C)nc3sc4c(c23)CCC(C)C4)CC1. The van der Waals surface area contributed by atoms with Crippen molar-refractivity contribution in [3.8, 4) is 0 Å². The molecule has 0 bridgehead atoms. The number of aryl methyl sites for hydroxylation is 3. The number of nitrogens with one attached hydrogen (secondary N) is 1. The molecule has 1 N–H and O–H groups in total. The van der Waals surface area contributed by atoms with Gasteiger partial charge in [-0.15, -0.1) is 11.3 Å². The first-order valence-electron chi connectivity index (χ1n) is 13.0. The Labute approximate surface area is 212 Å². The second-order valence-corrected chi connectivity index (χ2v) is 11.8. The largest absolute Gasteiger partial charge is 0.352 e. The van der Waals surface area contributed by atoms with Gasteiger partial charge in [0.1, 0.15) is 16.5 Å². The number of para-hydroxylation sites is 1. The number of aromatic nitrogens is 2. The highest BCUT2D eigenvalue weighted by Crippen LogP contribution is 2.41. The number of piperazine rings is 1. The van der Waals surface area contributed by atoms with Crippen molar-refractivity contribution in [3.63, 3.8) is 0 Å². The summed E-state index contributed by atoms with van der Waals surface area (Å²) in [6.07, 6.45) is 4.40. The molecule has 35 heavy (non-hydrogen) atoms. The van der Waals surface area contributed by atoms with E-state index in [1.54, 1.807) is 0 Å². The number of anilines is 2. The zero-order valence-corrected chi connectivity index (χ0v) is 22.5. The lowest BCUT2D eigenvalue weighted by Gasteiger charge is -2.36. The lowest BCUT2D eigenvalue weighted by molar-refractivity contribution is 0.208. The molecular formula is C28H37N5OS. The van der Waals surface area contributed by atoms with Gasteiger partial charge in [0.25, 0.3) is 0 Å². The second kappa shape index (κ2) is 9.76. The average molecular weight is 492 g/mol. The van der Waals surface area contributed by atoms with Crippen molar-refractivity contribution in [2.75, 3.05) is 36.4 Å². The molecular weight excluding hydrogens is 454 g/mol. The molecule has 2 aliphatic rings. The summed E-state index contributed by atoms with van der Waals surface area (Å²) in [7, 11) is 0. The van der Waals surface area contributed by atoms with Gasteiger partial charge < -0.3 is 15.1 Å². The first-order valence-corrected chi connectivity index (χ1v) is 13.8. The van der Waals surface area contributed by atoms with E-state index in [4.69, 9.17) is 9.97 Å². The van der Waals surface area contributed by atoms with Gasteiger partial charge in [-0.2, -0.15) is 0 Å². The summed E-state index contributed by atoms with van der Waals surface area (Å²) < 4.78 is 0. The Bertz CT molecular complexity index is 1220. The number of nitrogens with zero attached hydrogens (tertiary/aromatic N) is 4. The summed E-state index contributed by atoms with van der Waals surface area (Å²) >= 11 is 1.88. The quantitative estimate of drug-likeness (QED) is 0.487. The van der Waals surface area contributed by atoms with Gasteiger partial charge in [0.15, 0.2) is 0 Å². The molecule has 1 atom stereocenters. The highest BCUT2D eigenvalue weighted by molar-refractivity contribution is 7.19. The molecule has 3 heterocycles. The van der Waals surface area contributed by atoms with Crippen LogP contribution >= 0.6 is 11.3 Å². The van der Waals surface area contributed by atoms with Gasteiger partial charge in [-0.25, -0.2) is 14.8 Å². The normalized spacial score (nSPS) is 18.3. The Balaban J connectivity index is 1.38. The number of rotatable bonds is 4. The van der Waals surface area contributed by atoms with E-state index in [1.165, 1.54) is 22.2 Å². The number of fused-ring (bicyclic) bond motifs is 3. The number of benzene rings is 1. The van der Waals surface area contributed by atoms with Crippen LogP contribution in [0.1, 0.15) is 54.6 Å². The van der Waals surface area contributed by atoms with Crippen LogP contribution in [0, 0.1) is 25.7 Å². The van der Waals surface area contributed by atoms with E-state index in [0.29, 0.717) is 19.0 Å². The van der Waals surface area contributed by atoms with Crippen LogP contribution in [0.3, 0.4) is 0 Å². The molecule has 1 aliphatic carbocycles. The van der Waals surface area contributed by atoms with Crippen molar-refractivity contribution in [3.05, 3.63) is 45.6 Å². The predicted octanol–water partition coefficient (Wildman–Crippen LogP) is 5.99. The Morgan fingerprint density at radius 1 is 1.14 bits per heavy atom. The van der Waals surface area contributed by atoms with Crippen molar-refractivity contribution in [1.29, 1.82) is 0 Å². The minimum atomic E-state index is -0.0164. The molecule has 1 aliphatic heterocycles. The zero-order chi connectivity index (χ0) is 24.7.